The molecule has 0 unspecified atom stereocenters. The third-order valence-corrected chi connectivity index (χ3v) is 8.48. The van der Waals surface area contributed by atoms with E-state index >= 15 is 0 Å². The summed E-state index contributed by atoms with van der Waals surface area (Å²) in [5, 5.41) is 11.2. The second kappa shape index (κ2) is 16.8. The van der Waals surface area contributed by atoms with Crippen LogP contribution >= 0.6 is 7.14 Å². The second-order valence-corrected chi connectivity index (χ2v) is 11.0. The Bertz CT molecular complexity index is 823. The lowest BCUT2D eigenvalue weighted by Crippen LogP contribution is -2.27. The van der Waals surface area contributed by atoms with Crippen LogP contribution in [0.4, 0.5) is 0 Å². The van der Waals surface area contributed by atoms with E-state index in [9.17, 15) is 9.90 Å². The van der Waals surface area contributed by atoms with Gasteiger partial charge in [-0.05, 0) is 35.4 Å². The van der Waals surface area contributed by atoms with Crippen molar-refractivity contribution in [2.24, 2.45) is 0 Å². The van der Waals surface area contributed by atoms with Gasteiger partial charge in [0.2, 0.25) is 0 Å². The van der Waals surface area contributed by atoms with Crippen molar-refractivity contribution in [2.75, 3.05) is 60.4 Å². The fourth-order valence-corrected chi connectivity index (χ4v) is 6.16. The number of hydrogen-bond acceptors (Lipinski definition) is 7. The Morgan fingerprint density at radius 1 is 0.800 bits per heavy atom. The molecule has 0 amide bonds. The molecule has 35 heavy (non-hydrogen) atoms. The number of aliphatic carboxylic acids is 1. The third-order valence-electron chi connectivity index (χ3n) is 5.16. The molecule has 0 saturated carbocycles. The van der Waals surface area contributed by atoms with E-state index in [1.165, 1.54) is 0 Å². The van der Waals surface area contributed by atoms with Crippen molar-refractivity contribution in [3.05, 3.63) is 59.7 Å². The smallest absolute Gasteiger partial charge is 0.377 e. The summed E-state index contributed by atoms with van der Waals surface area (Å²) in [6.45, 7) is 2.97. The number of carbonyl (C=O) groups is 1. The van der Waals surface area contributed by atoms with Gasteiger partial charge in [0.25, 0.3) is 0 Å². The summed E-state index contributed by atoms with van der Waals surface area (Å²) in [7, 11) is 7.79. The molecule has 0 aliphatic rings. The highest BCUT2D eigenvalue weighted by molar-refractivity contribution is 8.08. The van der Waals surface area contributed by atoms with Gasteiger partial charge in [-0.1, -0.05) is 24.3 Å². The Morgan fingerprint density at radius 2 is 1.29 bits per heavy atom. The van der Waals surface area contributed by atoms with Crippen molar-refractivity contribution in [3.8, 4) is 0 Å². The molecule has 10 heteroatoms. The topological polar surface area (TPSA) is 92.7 Å². The molecule has 0 aliphatic carbocycles. The van der Waals surface area contributed by atoms with Gasteiger partial charge in [0.1, 0.15) is 13.6 Å². The van der Waals surface area contributed by atoms with E-state index in [1.54, 1.807) is 14.2 Å². The van der Waals surface area contributed by atoms with E-state index < -0.39 is 13.1 Å². The molecule has 190 valence electrons. The van der Waals surface area contributed by atoms with E-state index in [4.69, 9.17) is 36.0 Å². The number of ether oxygens (including phenoxy) is 6. The van der Waals surface area contributed by atoms with E-state index in [0.29, 0.717) is 45.8 Å². The van der Waals surface area contributed by atoms with E-state index in [1.807, 2.05) is 48.5 Å². The molecule has 0 aliphatic heterocycles. The van der Waals surface area contributed by atoms with Gasteiger partial charge in [-0.25, -0.2) is 0 Å². The Morgan fingerprint density at radius 3 is 1.71 bits per heavy atom. The van der Waals surface area contributed by atoms with Crippen LogP contribution < -0.4 is 10.6 Å². The maximum Gasteiger partial charge on any atom is 0.377 e. The molecular formula is C25H35BO8P+. The molecule has 0 atom stereocenters. The first-order valence-corrected chi connectivity index (χ1v) is 13.4. The minimum Gasteiger partial charge on any atom is -0.481 e. The predicted octanol–water partition coefficient (Wildman–Crippen LogP) is 2.49. The summed E-state index contributed by atoms with van der Waals surface area (Å²) >= 11 is 0. The van der Waals surface area contributed by atoms with Crippen molar-refractivity contribution >= 4 is 31.3 Å². The van der Waals surface area contributed by atoms with Crippen LogP contribution in [0.25, 0.3) is 0 Å². The Balaban J connectivity index is 2.12. The van der Waals surface area contributed by atoms with Gasteiger partial charge >= 0.3 is 13.5 Å². The number of rotatable bonds is 19. The first-order chi connectivity index (χ1) is 17.0. The summed E-state index contributed by atoms with van der Waals surface area (Å²) in [5.74, 6) is -0.875. The molecule has 0 spiro atoms. The van der Waals surface area contributed by atoms with Crippen molar-refractivity contribution in [1.82, 2.24) is 0 Å². The molecule has 0 fully saturated rings. The average molecular weight is 505 g/mol. The normalized spacial score (nSPS) is 11.6. The van der Waals surface area contributed by atoms with Crippen molar-refractivity contribution in [2.45, 2.75) is 19.6 Å². The van der Waals surface area contributed by atoms with Gasteiger partial charge in [0.05, 0.1) is 62.8 Å². The van der Waals surface area contributed by atoms with Crippen LogP contribution in [0.15, 0.2) is 48.5 Å². The van der Waals surface area contributed by atoms with Crippen LogP contribution in [0.2, 0.25) is 0 Å². The summed E-state index contributed by atoms with van der Waals surface area (Å²) < 4.78 is 31.8. The van der Waals surface area contributed by atoms with Gasteiger partial charge in [-0.2, -0.15) is 0 Å². The zero-order chi connectivity index (χ0) is 25.4. The molecular weight excluding hydrogens is 470 g/mol. The van der Waals surface area contributed by atoms with Crippen LogP contribution in [0.3, 0.4) is 0 Å². The van der Waals surface area contributed by atoms with Crippen LogP contribution in [0.1, 0.15) is 17.5 Å². The van der Waals surface area contributed by atoms with Crippen molar-refractivity contribution in [1.29, 1.82) is 0 Å². The third kappa shape index (κ3) is 10.8. The molecule has 0 saturated heterocycles. The summed E-state index contributed by atoms with van der Waals surface area (Å²) in [5.41, 5.74) is 1.88. The van der Waals surface area contributed by atoms with Crippen LogP contribution in [-0.4, -0.2) is 79.0 Å². The molecule has 0 bridgehead atoms. The second-order valence-electron chi connectivity index (χ2n) is 7.81. The molecule has 2 rings (SSSR count). The molecule has 2 radical (unpaired) electrons. The van der Waals surface area contributed by atoms with Crippen LogP contribution in [0, 0.1) is 0 Å². The minimum absolute atomic E-state index is 0.0214. The molecule has 0 aromatic heterocycles. The van der Waals surface area contributed by atoms with Gasteiger partial charge in [0.15, 0.2) is 0 Å². The Kier molecular flexibility index (Phi) is 14.1. The lowest BCUT2D eigenvalue weighted by Gasteiger charge is -2.24. The van der Waals surface area contributed by atoms with E-state index in [0.717, 1.165) is 21.7 Å². The van der Waals surface area contributed by atoms with Gasteiger partial charge in [0, 0.05) is 21.4 Å². The van der Waals surface area contributed by atoms with Gasteiger partial charge < -0.3 is 33.5 Å². The maximum absolute atomic E-state index is 11.4. The lowest BCUT2D eigenvalue weighted by molar-refractivity contribution is -0.136. The van der Waals surface area contributed by atoms with Crippen LogP contribution in [0.5, 0.6) is 0 Å². The number of carboxylic acid groups (broad SMARTS) is 1. The summed E-state index contributed by atoms with van der Waals surface area (Å²) in [6.07, 6.45) is 0.323. The molecule has 2 aromatic carbocycles. The van der Waals surface area contributed by atoms with Gasteiger partial charge in [-0.3, -0.25) is 4.79 Å². The highest BCUT2D eigenvalue weighted by Gasteiger charge is 2.38. The SMILES string of the molecule is [B][P+](CCC(=O)O)(c1cccc(COCOCCOC)c1)c1cccc(COCOCCOC)c1. The Labute approximate surface area is 209 Å². The zero-order valence-corrected chi connectivity index (χ0v) is 21.4. The number of benzene rings is 2. The summed E-state index contributed by atoms with van der Waals surface area (Å²) in [4.78, 5) is 11.4. The summed E-state index contributed by atoms with van der Waals surface area (Å²) in [6, 6.07) is 15.7. The van der Waals surface area contributed by atoms with Crippen molar-refractivity contribution in [3.63, 3.8) is 0 Å². The largest absolute Gasteiger partial charge is 0.481 e. The maximum atomic E-state index is 11.4. The average Bonchev–Trinajstić information content (AvgIpc) is 2.87. The zero-order valence-electron chi connectivity index (χ0n) is 20.5. The quantitative estimate of drug-likeness (QED) is 0.135. The lowest BCUT2D eigenvalue weighted by atomic mass is 10.2. The number of methoxy groups -OCH3 is 2. The Hall–Kier alpha value is -1.84. The molecule has 2 aromatic rings. The van der Waals surface area contributed by atoms with E-state index in [-0.39, 0.29) is 20.0 Å². The number of carboxylic acids is 1. The molecule has 0 heterocycles. The molecule has 8 nitrogen and oxygen atoms in total. The first kappa shape index (κ1) is 29.4. The standard InChI is InChI=1S/C25H35BO8P/c1-29-10-12-31-19-33-17-21-5-3-7-23(15-21)35(26,14-9-25(27)28)24-8-4-6-22(16-24)18-34-20-32-13-11-30-2/h3-8,15-16H,9-14,17-20H2,1-2H3,(H,27,28)/q+1. The fourth-order valence-electron chi connectivity index (χ4n) is 3.31. The predicted molar refractivity (Wildman–Crippen MR) is 137 cm³/mol. The van der Waals surface area contributed by atoms with E-state index in [2.05, 4.69) is 0 Å². The fraction of sp³-hybridized carbons (Fsp3) is 0.480. The number of hydrogen-bond donors (Lipinski definition) is 1. The highest BCUT2D eigenvalue weighted by atomic mass is 31.2. The monoisotopic (exact) mass is 505 g/mol. The van der Waals surface area contributed by atoms with Crippen LogP contribution in [-0.2, 0) is 46.4 Å². The minimum atomic E-state index is -2.48. The highest BCUT2D eigenvalue weighted by Crippen LogP contribution is 2.52. The first-order valence-electron chi connectivity index (χ1n) is 11.4. The van der Waals surface area contributed by atoms with Gasteiger partial charge in [-0.15, -0.1) is 0 Å². The molecule has 1 N–H and O–H groups in total. The van der Waals surface area contributed by atoms with Crippen molar-refractivity contribution < 1.29 is 38.3 Å².